The van der Waals surface area contributed by atoms with Crippen molar-refractivity contribution < 1.29 is 9.53 Å². The van der Waals surface area contributed by atoms with E-state index >= 15 is 0 Å². The van der Waals surface area contributed by atoms with Crippen LogP contribution in [-0.2, 0) is 9.53 Å². The van der Waals surface area contributed by atoms with Crippen molar-refractivity contribution in [3.8, 4) is 0 Å². The molecular weight excluding hydrogens is 182 g/mol. The molecule has 1 aliphatic rings. The third-order valence-electron chi connectivity index (χ3n) is 2.87. The largest absolute Gasteiger partial charge is 0.377 e. The van der Waals surface area contributed by atoms with Crippen LogP contribution in [0.1, 0.15) is 19.3 Å². The first-order valence-electron chi connectivity index (χ1n) is 4.90. The zero-order valence-corrected chi connectivity index (χ0v) is 8.58. The molecule has 1 fully saturated rings. The van der Waals surface area contributed by atoms with E-state index in [4.69, 9.17) is 16.2 Å². The normalized spacial score (nSPS) is 21.3. The van der Waals surface area contributed by atoms with Crippen LogP contribution in [0.5, 0.6) is 0 Å². The van der Waals surface area contributed by atoms with Gasteiger partial charge in [0.2, 0.25) is 5.91 Å². The molecule has 5 N–H and O–H groups in total. The summed E-state index contributed by atoms with van der Waals surface area (Å²) in [5.74, 6) is -0.474. The molecule has 0 radical (unpaired) electrons. The molecule has 1 aliphatic carbocycles. The van der Waals surface area contributed by atoms with Gasteiger partial charge in [-0.05, 0) is 19.3 Å². The summed E-state index contributed by atoms with van der Waals surface area (Å²) in [6, 6.07) is -0.607. The molecule has 82 valence electrons. The fraction of sp³-hybridized carbons (Fsp3) is 0.889. The standard InChI is InChI=1S/C9H19N3O2/c1-14-9(3-2-4-9)6-12-5-7(10)8(11)13/h7,12H,2-6,10H2,1H3,(H2,11,13). The molecule has 0 spiro atoms. The first-order valence-corrected chi connectivity index (χ1v) is 4.90. The molecule has 0 aromatic carbocycles. The number of hydrogen-bond acceptors (Lipinski definition) is 4. The van der Waals surface area contributed by atoms with E-state index in [9.17, 15) is 4.79 Å². The van der Waals surface area contributed by atoms with Gasteiger partial charge in [0, 0.05) is 20.2 Å². The molecular formula is C9H19N3O2. The van der Waals surface area contributed by atoms with Crippen LogP contribution in [0.15, 0.2) is 0 Å². The number of amides is 1. The molecule has 1 rings (SSSR count). The van der Waals surface area contributed by atoms with Gasteiger partial charge >= 0.3 is 0 Å². The maximum absolute atomic E-state index is 10.6. The topological polar surface area (TPSA) is 90.4 Å². The number of rotatable bonds is 6. The molecule has 0 bridgehead atoms. The molecule has 14 heavy (non-hydrogen) atoms. The highest BCUT2D eigenvalue weighted by molar-refractivity contribution is 5.79. The minimum atomic E-state index is -0.607. The number of nitrogens with two attached hydrogens (primary N) is 2. The number of carbonyl (C=O) groups excluding carboxylic acids is 1. The Hall–Kier alpha value is -0.650. The Balaban J connectivity index is 2.17. The summed E-state index contributed by atoms with van der Waals surface area (Å²) >= 11 is 0. The van der Waals surface area contributed by atoms with Crippen LogP contribution >= 0.6 is 0 Å². The van der Waals surface area contributed by atoms with Crippen molar-refractivity contribution >= 4 is 5.91 Å². The highest BCUT2D eigenvalue weighted by Crippen LogP contribution is 2.34. The summed E-state index contributed by atoms with van der Waals surface area (Å²) in [5, 5.41) is 3.11. The minimum absolute atomic E-state index is 0.0304. The Morgan fingerprint density at radius 3 is 2.64 bits per heavy atom. The number of carbonyl (C=O) groups is 1. The van der Waals surface area contributed by atoms with Crippen molar-refractivity contribution in [3.05, 3.63) is 0 Å². The van der Waals surface area contributed by atoms with Crippen molar-refractivity contribution in [2.24, 2.45) is 11.5 Å². The molecule has 5 heteroatoms. The summed E-state index contributed by atoms with van der Waals surface area (Å²) in [6.45, 7) is 1.16. The predicted octanol–water partition coefficient (Wildman–Crippen LogP) is -1.04. The van der Waals surface area contributed by atoms with E-state index in [-0.39, 0.29) is 5.60 Å². The molecule has 0 aliphatic heterocycles. The molecule has 0 saturated heterocycles. The van der Waals surface area contributed by atoms with Gasteiger partial charge in [0.15, 0.2) is 0 Å². The fourth-order valence-electron chi connectivity index (χ4n) is 1.58. The molecule has 1 unspecified atom stereocenters. The lowest BCUT2D eigenvalue weighted by atomic mass is 9.80. The summed E-state index contributed by atoms with van der Waals surface area (Å²) in [5.41, 5.74) is 10.5. The van der Waals surface area contributed by atoms with Crippen LogP contribution in [0.3, 0.4) is 0 Å². The summed E-state index contributed by atoms with van der Waals surface area (Å²) < 4.78 is 5.40. The average Bonchev–Trinajstić information content (AvgIpc) is 2.09. The number of nitrogens with one attached hydrogen (secondary N) is 1. The lowest BCUT2D eigenvalue weighted by Crippen LogP contribution is -2.52. The van der Waals surface area contributed by atoms with Gasteiger partial charge in [-0.2, -0.15) is 0 Å². The first kappa shape index (κ1) is 11.4. The monoisotopic (exact) mass is 201 g/mol. The maximum atomic E-state index is 10.6. The number of hydrogen-bond donors (Lipinski definition) is 3. The molecule has 1 amide bonds. The molecule has 0 aromatic heterocycles. The second-order valence-electron chi connectivity index (χ2n) is 3.88. The fourth-order valence-corrected chi connectivity index (χ4v) is 1.58. The smallest absolute Gasteiger partial charge is 0.235 e. The SMILES string of the molecule is COC1(CNCC(N)C(N)=O)CCC1. The quantitative estimate of drug-likeness (QED) is 0.512. The predicted molar refractivity (Wildman–Crippen MR) is 53.6 cm³/mol. The number of methoxy groups -OCH3 is 1. The van der Waals surface area contributed by atoms with E-state index in [2.05, 4.69) is 5.32 Å². The second-order valence-corrected chi connectivity index (χ2v) is 3.88. The Morgan fingerprint density at radius 1 is 1.64 bits per heavy atom. The van der Waals surface area contributed by atoms with Crippen molar-refractivity contribution in [2.45, 2.75) is 30.9 Å². The van der Waals surface area contributed by atoms with Gasteiger partial charge in [-0.3, -0.25) is 4.79 Å². The van der Waals surface area contributed by atoms with Crippen LogP contribution in [0, 0.1) is 0 Å². The van der Waals surface area contributed by atoms with Gasteiger partial charge in [0.25, 0.3) is 0 Å². The zero-order valence-electron chi connectivity index (χ0n) is 8.58. The van der Waals surface area contributed by atoms with Gasteiger partial charge in [-0.15, -0.1) is 0 Å². The van der Waals surface area contributed by atoms with Crippen molar-refractivity contribution in [3.63, 3.8) is 0 Å². The average molecular weight is 201 g/mol. The van der Waals surface area contributed by atoms with Gasteiger partial charge in [-0.1, -0.05) is 0 Å². The Morgan fingerprint density at radius 2 is 2.29 bits per heavy atom. The third-order valence-corrected chi connectivity index (χ3v) is 2.87. The first-order chi connectivity index (χ1) is 6.59. The van der Waals surface area contributed by atoms with E-state index < -0.39 is 11.9 Å². The Kier molecular flexibility index (Phi) is 3.86. The van der Waals surface area contributed by atoms with Crippen molar-refractivity contribution in [2.75, 3.05) is 20.2 Å². The Bertz CT molecular complexity index is 199. The van der Waals surface area contributed by atoms with Crippen LogP contribution in [0.4, 0.5) is 0 Å². The minimum Gasteiger partial charge on any atom is -0.377 e. The highest BCUT2D eigenvalue weighted by atomic mass is 16.5. The molecule has 1 saturated carbocycles. The van der Waals surface area contributed by atoms with Crippen LogP contribution < -0.4 is 16.8 Å². The third kappa shape index (κ3) is 2.67. The highest BCUT2D eigenvalue weighted by Gasteiger charge is 2.36. The summed E-state index contributed by atoms with van der Waals surface area (Å²) in [6.07, 6.45) is 3.35. The van der Waals surface area contributed by atoms with Gasteiger partial charge in [0.05, 0.1) is 11.6 Å². The van der Waals surface area contributed by atoms with E-state index in [1.807, 2.05) is 0 Å². The van der Waals surface area contributed by atoms with Gasteiger partial charge in [0.1, 0.15) is 0 Å². The molecule has 5 nitrogen and oxygen atoms in total. The van der Waals surface area contributed by atoms with Crippen LogP contribution in [0.2, 0.25) is 0 Å². The van der Waals surface area contributed by atoms with E-state index in [1.54, 1.807) is 7.11 Å². The second kappa shape index (κ2) is 4.72. The van der Waals surface area contributed by atoms with E-state index in [0.29, 0.717) is 6.54 Å². The lowest BCUT2D eigenvalue weighted by molar-refractivity contribution is -0.119. The molecule has 1 atom stereocenters. The molecule has 0 aromatic rings. The van der Waals surface area contributed by atoms with Crippen molar-refractivity contribution in [1.82, 2.24) is 5.32 Å². The number of ether oxygens (including phenoxy) is 1. The zero-order chi connectivity index (χ0) is 10.6. The van der Waals surface area contributed by atoms with E-state index in [1.165, 1.54) is 6.42 Å². The van der Waals surface area contributed by atoms with E-state index in [0.717, 1.165) is 19.4 Å². The van der Waals surface area contributed by atoms with Crippen molar-refractivity contribution in [1.29, 1.82) is 0 Å². The number of primary amides is 1. The van der Waals surface area contributed by atoms with Crippen LogP contribution in [0.25, 0.3) is 0 Å². The van der Waals surface area contributed by atoms with Gasteiger partial charge in [-0.25, -0.2) is 0 Å². The summed E-state index contributed by atoms with van der Waals surface area (Å²) in [7, 11) is 1.72. The van der Waals surface area contributed by atoms with Gasteiger partial charge < -0.3 is 21.5 Å². The van der Waals surface area contributed by atoms with Crippen LogP contribution in [-0.4, -0.2) is 37.7 Å². The maximum Gasteiger partial charge on any atom is 0.235 e. The molecule has 0 heterocycles. The Labute approximate surface area is 84.2 Å². The lowest BCUT2D eigenvalue weighted by Gasteiger charge is -2.40. The summed E-state index contributed by atoms with van der Waals surface area (Å²) in [4.78, 5) is 10.6.